The summed E-state index contributed by atoms with van der Waals surface area (Å²) in [6.07, 6.45) is -0.557. The van der Waals surface area contributed by atoms with Crippen molar-refractivity contribution in [3.8, 4) is 0 Å². The second-order valence-corrected chi connectivity index (χ2v) is 4.37. The summed E-state index contributed by atoms with van der Waals surface area (Å²) >= 11 is 0. The summed E-state index contributed by atoms with van der Waals surface area (Å²) < 4.78 is 13.5. The minimum Gasteiger partial charge on any atom is -0.296 e. The van der Waals surface area contributed by atoms with E-state index >= 15 is 0 Å². The van der Waals surface area contributed by atoms with Crippen LogP contribution in [0.4, 0.5) is 4.39 Å². The summed E-state index contributed by atoms with van der Waals surface area (Å²) in [6.45, 7) is 1.77. The van der Waals surface area contributed by atoms with E-state index in [0.717, 1.165) is 5.56 Å². The number of piperidine rings is 1. The summed E-state index contributed by atoms with van der Waals surface area (Å²) in [5.74, 6) is 0. The Bertz CT molecular complexity index is 402. The Kier molecular flexibility index (Phi) is 3.96. The number of hydrogen-bond donors (Lipinski definition) is 0. The molecular weight excluding hydrogens is 219 g/mol. The molecule has 0 N–H and O–H groups in total. The first-order chi connectivity index (χ1) is 8.28. The van der Waals surface area contributed by atoms with Crippen LogP contribution in [0, 0.1) is 0 Å². The molecule has 2 rings (SSSR count). The maximum absolute atomic E-state index is 13.5. The first-order valence-electron chi connectivity index (χ1n) is 5.72. The first-order valence-corrected chi connectivity index (χ1v) is 5.72. The van der Waals surface area contributed by atoms with E-state index in [1.807, 2.05) is 35.2 Å². The highest BCUT2D eigenvalue weighted by Gasteiger charge is 2.26. The molecule has 1 aromatic carbocycles. The highest BCUT2D eigenvalue weighted by Crippen LogP contribution is 2.18. The van der Waals surface area contributed by atoms with Gasteiger partial charge in [0.05, 0.1) is 6.04 Å². The fraction of sp³-hybridized carbons (Fsp3) is 0.500. The quantitative estimate of drug-likeness (QED) is 0.450. The van der Waals surface area contributed by atoms with Gasteiger partial charge in [-0.25, -0.2) is 4.39 Å². The van der Waals surface area contributed by atoms with Gasteiger partial charge in [0.1, 0.15) is 6.17 Å². The predicted octanol–water partition coefficient (Wildman–Crippen LogP) is 2.91. The third-order valence-corrected chi connectivity index (χ3v) is 2.92. The zero-order chi connectivity index (χ0) is 12.1. The zero-order valence-corrected chi connectivity index (χ0v) is 9.54. The van der Waals surface area contributed by atoms with E-state index in [1.54, 1.807) is 0 Å². The van der Waals surface area contributed by atoms with E-state index in [1.165, 1.54) is 0 Å². The maximum atomic E-state index is 13.5. The van der Waals surface area contributed by atoms with Crippen LogP contribution in [0.3, 0.4) is 0 Å². The fourth-order valence-corrected chi connectivity index (χ4v) is 2.22. The van der Waals surface area contributed by atoms with Crippen LogP contribution in [-0.4, -0.2) is 30.2 Å². The number of azide groups is 1. The second kappa shape index (κ2) is 5.66. The van der Waals surface area contributed by atoms with Crippen LogP contribution in [-0.2, 0) is 6.54 Å². The number of alkyl halides is 1. The van der Waals surface area contributed by atoms with Crippen LogP contribution in [0.25, 0.3) is 10.4 Å². The van der Waals surface area contributed by atoms with Crippen molar-refractivity contribution in [2.75, 3.05) is 13.1 Å². The normalized spacial score (nSPS) is 25.2. The lowest BCUT2D eigenvalue weighted by molar-refractivity contribution is 0.118. The molecule has 0 amide bonds. The summed E-state index contributed by atoms with van der Waals surface area (Å²) in [5, 5.41) is 3.62. The van der Waals surface area contributed by atoms with Gasteiger partial charge in [0.25, 0.3) is 0 Å². The van der Waals surface area contributed by atoms with Gasteiger partial charge < -0.3 is 0 Å². The Morgan fingerprint density at radius 2 is 2.12 bits per heavy atom. The van der Waals surface area contributed by atoms with E-state index in [4.69, 9.17) is 5.53 Å². The van der Waals surface area contributed by atoms with Gasteiger partial charge in [-0.05, 0) is 17.5 Å². The van der Waals surface area contributed by atoms with Crippen molar-refractivity contribution in [2.45, 2.75) is 25.2 Å². The molecule has 1 aromatic rings. The van der Waals surface area contributed by atoms with E-state index in [-0.39, 0.29) is 6.04 Å². The van der Waals surface area contributed by atoms with Gasteiger partial charge in [-0.3, -0.25) is 4.90 Å². The van der Waals surface area contributed by atoms with Gasteiger partial charge >= 0.3 is 0 Å². The van der Waals surface area contributed by atoms with Crippen LogP contribution in [0.5, 0.6) is 0 Å². The van der Waals surface area contributed by atoms with Crippen molar-refractivity contribution >= 4 is 0 Å². The minimum atomic E-state index is -0.900. The molecule has 1 aliphatic rings. The molecule has 2 atom stereocenters. The Morgan fingerprint density at radius 1 is 1.35 bits per heavy atom. The van der Waals surface area contributed by atoms with Crippen LogP contribution in [0.1, 0.15) is 12.0 Å². The molecule has 0 saturated carbocycles. The third-order valence-electron chi connectivity index (χ3n) is 2.92. The van der Waals surface area contributed by atoms with Crippen LogP contribution >= 0.6 is 0 Å². The summed E-state index contributed by atoms with van der Waals surface area (Å²) in [7, 11) is 0. The zero-order valence-electron chi connectivity index (χ0n) is 9.54. The average Bonchev–Trinajstić information content (AvgIpc) is 2.30. The molecule has 1 aliphatic heterocycles. The van der Waals surface area contributed by atoms with Crippen molar-refractivity contribution in [2.24, 2.45) is 5.11 Å². The van der Waals surface area contributed by atoms with Crippen molar-refractivity contribution in [1.29, 1.82) is 0 Å². The van der Waals surface area contributed by atoms with Gasteiger partial charge in [0, 0.05) is 24.5 Å². The molecule has 1 saturated heterocycles. The number of rotatable bonds is 3. The van der Waals surface area contributed by atoms with Crippen LogP contribution < -0.4 is 0 Å². The predicted molar refractivity (Wildman–Crippen MR) is 64.2 cm³/mol. The van der Waals surface area contributed by atoms with E-state index in [2.05, 4.69) is 10.0 Å². The first kappa shape index (κ1) is 11.9. The third kappa shape index (κ3) is 3.44. The van der Waals surface area contributed by atoms with Gasteiger partial charge in [-0.1, -0.05) is 35.4 Å². The van der Waals surface area contributed by atoms with Crippen LogP contribution in [0.2, 0.25) is 0 Å². The summed E-state index contributed by atoms with van der Waals surface area (Å²) in [5.41, 5.74) is 9.55. The molecule has 1 heterocycles. The van der Waals surface area contributed by atoms with Crippen molar-refractivity contribution < 1.29 is 4.39 Å². The van der Waals surface area contributed by atoms with Gasteiger partial charge in [0.2, 0.25) is 0 Å². The SMILES string of the molecule is [N-]=[N+]=N[C@H]1C[C@H](F)CN(Cc2ccccc2)C1. The molecule has 0 unspecified atom stereocenters. The smallest absolute Gasteiger partial charge is 0.113 e. The second-order valence-electron chi connectivity index (χ2n) is 4.37. The fourth-order valence-electron chi connectivity index (χ4n) is 2.22. The molecule has 0 aromatic heterocycles. The van der Waals surface area contributed by atoms with E-state index in [0.29, 0.717) is 26.1 Å². The van der Waals surface area contributed by atoms with E-state index < -0.39 is 6.17 Å². The monoisotopic (exact) mass is 234 g/mol. The molecule has 5 heteroatoms. The Morgan fingerprint density at radius 3 is 2.82 bits per heavy atom. The molecule has 17 heavy (non-hydrogen) atoms. The van der Waals surface area contributed by atoms with Gasteiger partial charge in [-0.2, -0.15) is 0 Å². The lowest BCUT2D eigenvalue weighted by Gasteiger charge is -2.32. The lowest BCUT2D eigenvalue weighted by atomic mass is 10.0. The highest BCUT2D eigenvalue weighted by molar-refractivity contribution is 5.14. The topological polar surface area (TPSA) is 52.0 Å². The molecular formula is C12H15FN4. The summed E-state index contributed by atoms with van der Waals surface area (Å²) in [6, 6.07) is 9.69. The largest absolute Gasteiger partial charge is 0.296 e. The minimum absolute atomic E-state index is 0.243. The highest BCUT2D eigenvalue weighted by atomic mass is 19.1. The Hall–Kier alpha value is -1.58. The van der Waals surface area contributed by atoms with Gasteiger partial charge in [-0.15, -0.1) is 0 Å². The lowest BCUT2D eigenvalue weighted by Crippen LogP contribution is -2.42. The number of likely N-dealkylation sites (tertiary alicyclic amines) is 1. The molecule has 90 valence electrons. The molecule has 0 radical (unpaired) electrons. The summed E-state index contributed by atoms with van der Waals surface area (Å²) in [4.78, 5) is 4.77. The van der Waals surface area contributed by atoms with Crippen molar-refractivity contribution in [3.63, 3.8) is 0 Å². The number of hydrogen-bond acceptors (Lipinski definition) is 2. The standard InChI is InChI=1S/C12H15FN4/c13-11-6-12(15-16-14)9-17(8-11)7-10-4-2-1-3-5-10/h1-5,11-12H,6-9H2/t11-,12-/m0/s1. The molecule has 4 nitrogen and oxygen atoms in total. The molecule has 0 aliphatic carbocycles. The molecule has 0 spiro atoms. The molecule has 0 bridgehead atoms. The Labute approximate surface area is 99.7 Å². The number of halogens is 1. The molecule has 1 fully saturated rings. The Balaban J connectivity index is 1.98. The van der Waals surface area contributed by atoms with Crippen molar-refractivity contribution in [1.82, 2.24) is 4.90 Å². The van der Waals surface area contributed by atoms with Gasteiger partial charge in [0.15, 0.2) is 0 Å². The van der Waals surface area contributed by atoms with Crippen LogP contribution in [0.15, 0.2) is 35.4 Å². The number of nitrogens with zero attached hydrogens (tertiary/aromatic N) is 4. The van der Waals surface area contributed by atoms with Crippen molar-refractivity contribution in [3.05, 3.63) is 46.3 Å². The van der Waals surface area contributed by atoms with E-state index in [9.17, 15) is 4.39 Å². The number of benzene rings is 1. The average molecular weight is 234 g/mol. The maximum Gasteiger partial charge on any atom is 0.113 e.